The van der Waals surface area contributed by atoms with E-state index in [4.69, 9.17) is 14.5 Å². The van der Waals surface area contributed by atoms with Crippen molar-refractivity contribution in [2.24, 2.45) is 5.10 Å². The lowest BCUT2D eigenvalue weighted by Crippen LogP contribution is -2.21. The highest BCUT2D eigenvalue weighted by Gasteiger charge is 2.16. The highest BCUT2D eigenvalue weighted by atomic mass is 79.9. The molecule has 1 N–H and O–H groups in total. The maximum Gasteiger partial charge on any atom is 0.282 e. The van der Waals surface area contributed by atoms with Crippen molar-refractivity contribution >= 4 is 44.6 Å². The molecule has 0 aliphatic heterocycles. The number of anilines is 1. The molecule has 0 unspecified atom stereocenters. The quantitative estimate of drug-likeness (QED) is 0.225. The molecule has 8 nitrogen and oxygen atoms in total. The van der Waals surface area contributed by atoms with E-state index in [-0.39, 0.29) is 17.9 Å². The smallest absolute Gasteiger partial charge is 0.282 e. The first-order valence-corrected chi connectivity index (χ1v) is 12.9. The Bertz CT molecular complexity index is 1790. The molecule has 10 heteroatoms. The van der Waals surface area contributed by atoms with Crippen LogP contribution in [0.25, 0.3) is 22.3 Å². The highest BCUT2D eigenvalue weighted by molar-refractivity contribution is 9.10. The summed E-state index contributed by atoms with van der Waals surface area (Å²) in [4.78, 5) is 30.7. The summed E-state index contributed by atoms with van der Waals surface area (Å²) in [6.45, 7) is -0.387. The molecule has 0 aliphatic rings. The van der Waals surface area contributed by atoms with Gasteiger partial charge in [-0.3, -0.25) is 9.59 Å². The Labute approximate surface area is 236 Å². The van der Waals surface area contributed by atoms with Gasteiger partial charge >= 0.3 is 0 Å². The lowest BCUT2D eigenvalue weighted by molar-refractivity contribution is -0.118. The largest absolute Gasteiger partial charge is 0.493 e. The molecule has 5 rings (SSSR count). The van der Waals surface area contributed by atoms with Gasteiger partial charge in [-0.1, -0.05) is 64.5 Å². The van der Waals surface area contributed by atoms with Gasteiger partial charge in [-0.2, -0.15) is 9.78 Å². The molecule has 0 bridgehead atoms. The monoisotopic (exact) mass is 600 g/mol. The number of halogens is 2. The summed E-state index contributed by atoms with van der Waals surface area (Å²) in [6.07, 6.45) is 1.44. The zero-order chi connectivity index (χ0) is 28.1. The second-order valence-electron chi connectivity index (χ2n) is 8.55. The van der Waals surface area contributed by atoms with E-state index in [0.717, 1.165) is 0 Å². The lowest BCUT2D eigenvalue weighted by Gasteiger charge is -2.14. The van der Waals surface area contributed by atoms with Crippen LogP contribution in [0.15, 0.2) is 105 Å². The number of carbonyl (C=O) groups excluding carboxylic acids is 1. The first-order valence-electron chi connectivity index (χ1n) is 12.1. The summed E-state index contributed by atoms with van der Waals surface area (Å²) < 4.78 is 26.7. The molecule has 0 fully saturated rings. The van der Waals surface area contributed by atoms with Crippen LogP contribution in [0.3, 0.4) is 0 Å². The third kappa shape index (κ3) is 5.92. The fourth-order valence-corrected chi connectivity index (χ4v) is 4.47. The van der Waals surface area contributed by atoms with Gasteiger partial charge in [0.25, 0.3) is 11.5 Å². The van der Waals surface area contributed by atoms with Crippen molar-refractivity contribution in [2.75, 3.05) is 19.0 Å². The highest BCUT2D eigenvalue weighted by Crippen LogP contribution is 2.34. The molecule has 1 heterocycles. The van der Waals surface area contributed by atoms with Crippen LogP contribution in [0.4, 0.5) is 10.1 Å². The Morgan fingerprint density at radius 1 is 1.05 bits per heavy atom. The molecule has 0 saturated carbocycles. The first kappa shape index (κ1) is 26.8. The van der Waals surface area contributed by atoms with Crippen molar-refractivity contribution in [2.45, 2.75) is 0 Å². The van der Waals surface area contributed by atoms with Gasteiger partial charge in [0.1, 0.15) is 5.82 Å². The van der Waals surface area contributed by atoms with Crippen molar-refractivity contribution in [3.8, 4) is 22.9 Å². The van der Waals surface area contributed by atoms with Crippen LogP contribution in [0.2, 0.25) is 0 Å². The number of hydrogen-bond acceptors (Lipinski definition) is 6. The van der Waals surface area contributed by atoms with Crippen molar-refractivity contribution in [3.05, 3.63) is 117 Å². The van der Waals surface area contributed by atoms with E-state index in [1.165, 1.54) is 36.2 Å². The Kier molecular flexibility index (Phi) is 7.97. The fraction of sp³-hybridized carbons (Fsp3) is 0.0667. The number of nitrogens with one attached hydrogen (secondary N) is 1. The van der Waals surface area contributed by atoms with Gasteiger partial charge in [0.2, 0.25) is 0 Å². The zero-order valence-corrected chi connectivity index (χ0v) is 22.8. The predicted molar refractivity (Wildman–Crippen MR) is 156 cm³/mol. The van der Waals surface area contributed by atoms with Crippen LogP contribution in [0.5, 0.6) is 11.5 Å². The number of methoxy groups -OCH3 is 1. The number of rotatable bonds is 8. The number of nitrogens with zero attached hydrogens (tertiary/aromatic N) is 3. The lowest BCUT2D eigenvalue weighted by atomic mass is 10.2. The summed E-state index contributed by atoms with van der Waals surface area (Å²) in [5.41, 5.74) is 1.65. The van der Waals surface area contributed by atoms with E-state index < -0.39 is 11.7 Å². The SMILES string of the molecule is COc1cc(Br)cc(C=Nn2c(-c3ccccc3)nc3ccccc3c2=O)c1OCC(=O)Nc1cccc(F)c1. The minimum absolute atomic E-state index is 0.229. The molecule has 200 valence electrons. The van der Waals surface area contributed by atoms with E-state index in [1.807, 2.05) is 36.4 Å². The van der Waals surface area contributed by atoms with Gasteiger partial charge in [-0.25, -0.2) is 9.37 Å². The van der Waals surface area contributed by atoms with E-state index in [0.29, 0.717) is 43.8 Å². The number of aromatic nitrogens is 2. The maximum absolute atomic E-state index is 13.5. The summed E-state index contributed by atoms with van der Waals surface area (Å²) in [5, 5.41) is 7.50. The standard InChI is InChI=1S/C30H22BrFN4O4/c1-39-26-15-21(31)14-20(28(26)40-18-27(37)34-23-11-7-10-22(32)16-23)17-33-36-29(19-8-3-2-4-9-19)35-25-13-6-5-12-24(25)30(36)38/h2-17H,18H2,1H3,(H,34,37). The summed E-state index contributed by atoms with van der Waals surface area (Å²) in [7, 11) is 1.47. The van der Waals surface area contributed by atoms with Crippen LogP contribution in [-0.4, -0.2) is 35.5 Å². The number of fused-ring (bicyclic) bond motifs is 1. The van der Waals surface area contributed by atoms with Crippen LogP contribution in [0.1, 0.15) is 5.56 Å². The molecule has 1 amide bonds. The molecular weight excluding hydrogens is 579 g/mol. The molecule has 0 radical (unpaired) electrons. The Hall–Kier alpha value is -4.83. The number of amides is 1. The normalized spacial score (nSPS) is 11.1. The molecule has 0 atom stereocenters. The molecule has 5 aromatic rings. The molecule has 0 saturated heterocycles. The number of hydrogen-bond donors (Lipinski definition) is 1. The minimum atomic E-state index is -0.500. The molecule has 0 spiro atoms. The van der Waals surface area contributed by atoms with Crippen LogP contribution in [0, 0.1) is 5.82 Å². The van der Waals surface area contributed by atoms with Crippen molar-refractivity contribution in [1.29, 1.82) is 0 Å². The second-order valence-corrected chi connectivity index (χ2v) is 9.47. The first-order chi connectivity index (χ1) is 19.4. The summed E-state index contributed by atoms with van der Waals surface area (Å²) >= 11 is 3.45. The van der Waals surface area contributed by atoms with Crippen molar-refractivity contribution in [3.63, 3.8) is 0 Å². The third-order valence-electron chi connectivity index (χ3n) is 5.82. The van der Waals surface area contributed by atoms with Crippen LogP contribution in [-0.2, 0) is 4.79 Å². The fourth-order valence-electron chi connectivity index (χ4n) is 4.02. The molecule has 4 aromatic carbocycles. The van der Waals surface area contributed by atoms with E-state index >= 15 is 0 Å². The van der Waals surface area contributed by atoms with Crippen molar-refractivity contribution < 1.29 is 18.7 Å². The van der Waals surface area contributed by atoms with Gasteiger partial charge in [0.15, 0.2) is 23.9 Å². The Balaban J connectivity index is 1.52. The second kappa shape index (κ2) is 11.9. The molecule has 0 aliphatic carbocycles. The summed E-state index contributed by atoms with van der Waals surface area (Å²) in [6, 6.07) is 25.3. The van der Waals surface area contributed by atoms with Gasteiger partial charge < -0.3 is 14.8 Å². The average molecular weight is 601 g/mol. The van der Waals surface area contributed by atoms with Gasteiger partial charge in [0.05, 0.1) is 24.2 Å². The van der Waals surface area contributed by atoms with Gasteiger partial charge in [-0.05, 0) is 42.5 Å². The number of carbonyl (C=O) groups is 1. The topological polar surface area (TPSA) is 94.8 Å². The molecule has 1 aromatic heterocycles. The predicted octanol–water partition coefficient (Wildman–Crippen LogP) is 5.87. The number of para-hydroxylation sites is 1. The van der Waals surface area contributed by atoms with Crippen LogP contribution < -0.4 is 20.3 Å². The van der Waals surface area contributed by atoms with E-state index in [9.17, 15) is 14.0 Å². The van der Waals surface area contributed by atoms with E-state index in [2.05, 4.69) is 26.3 Å². The maximum atomic E-state index is 13.5. The third-order valence-corrected chi connectivity index (χ3v) is 6.28. The van der Waals surface area contributed by atoms with Crippen molar-refractivity contribution in [1.82, 2.24) is 9.66 Å². The Morgan fingerprint density at radius 2 is 1.82 bits per heavy atom. The molecule has 40 heavy (non-hydrogen) atoms. The molecular formula is C30H22BrFN4O4. The zero-order valence-electron chi connectivity index (χ0n) is 21.2. The number of benzene rings is 4. The Morgan fingerprint density at radius 3 is 2.60 bits per heavy atom. The minimum Gasteiger partial charge on any atom is -0.493 e. The van der Waals surface area contributed by atoms with Crippen LogP contribution >= 0.6 is 15.9 Å². The average Bonchev–Trinajstić information content (AvgIpc) is 2.96. The summed E-state index contributed by atoms with van der Waals surface area (Å²) in [5.74, 6) is -0.0483. The number of ether oxygens (including phenoxy) is 2. The van der Waals surface area contributed by atoms with Gasteiger partial charge in [-0.15, -0.1) is 0 Å². The van der Waals surface area contributed by atoms with E-state index in [1.54, 1.807) is 36.4 Å². The van der Waals surface area contributed by atoms with Gasteiger partial charge in [0, 0.05) is 21.3 Å².